The van der Waals surface area contributed by atoms with E-state index in [0.29, 0.717) is 16.6 Å². The van der Waals surface area contributed by atoms with Gasteiger partial charge < -0.3 is 14.9 Å². The Balaban J connectivity index is 1.43. The topological polar surface area (TPSA) is 149 Å². The average Bonchev–Trinajstić information content (AvgIpc) is 3.37. The Morgan fingerprint density at radius 1 is 0.932 bits per heavy atom. The molecule has 2 aliphatic heterocycles. The molecule has 2 aliphatic rings. The maximum absolute atomic E-state index is 14.3. The van der Waals surface area contributed by atoms with Crippen LogP contribution in [-0.2, 0) is 50.3 Å². The molecule has 3 aromatic carbocycles. The van der Waals surface area contributed by atoms with E-state index in [9.17, 15) is 27.9 Å². The minimum Gasteiger partial charge on any atom is -0.481 e. The third kappa shape index (κ3) is 5.66. The Hall–Kier alpha value is -4.66. The first-order chi connectivity index (χ1) is 21.1. The lowest BCUT2D eigenvalue weighted by molar-refractivity contribution is -0.187. The number of aromatic nitrogens is 3. The molecule has 0 radical (unpaired) electrons. The van der Waals surface area contributed by atoms with Crippen molar-refractivity contribution in [1.29, 1.82) is 0 Å². The number of carboxylic acids is 1. The first kappa shape index (κ1) is 29.4. The van der Waals surface area contributed by atoms with Gasteiger partial charge >= 0.3 is 5.97 Å². The van der Waals surface area contributed by atoms with Crippen molar-refractivity contribution in [3.63, 3.8) is 0 Å². The Kier molecular flexibility index (Phi) is 7.88. The molecular formula is C30H31N7O6S. The summed E-state index contributed by atoms with van der Waals surface area (Å²) in [7, 11) is -2.40. The molecule has 2 amide bonds. The number of sulfonamides is 1. The molecule has 228 valence electrons. The van der Waals surface area contributed by atoms with Gasteiger partial charge in [-0.05, 0) is 17.2 Å². The van der Waals surface area contributed by atoms with Crippen LogP contribution in [0.2, 0.25) is 0 Å². The highest BCUT2D eigenvalue weighted by Crippen LogP contribution is 2.33. The number of amides is 2. The quantitative estimate of drug-likeness (QED) is 0.295. The standard InChI is InChI=1S/C30H31N7O6S/c1-33-24-14-8-13-23(29(24)31-32-33)17-34-18-26-36(25(30(34)41)15-28(39)40)27(38)19-35(16-21-9-4-2-5-10-21)37(26)44(42,43)20-22-11-6-3-7-12-22/h2-14,25-26H,15-20H2,1H3,(H,39,40)/t25-,26-/m0/s1. The minimum atomic E-state index is -4.14. The van der Waals surface area contributed by atoms with Gasteiger partial charge in [-0.3, -0.25) is 14.4 Å². The molecular weight excluding hydrogens is 586 g/mol. The van der Waals surface area contributed by atoms with E-state index in [4.69, 9.17) is 0 Å². The van der Waals surface area contributed by atoms with Gasteiger partial charge in [0.25, 0.3) is 0 Å². The first-order valence-corrected chi connectivity index (χ1v) is 15.7. The lowest BCUT2D eigenvalue weighted by Crippen LogP contribution is -2.75. The number of hydrazine groups is 1. The molecule has 0 unspecified atom stereocenters. The second kappa shape index (κ2) is 11.8. The van der Waals surface area contributed by atoms with Crippen LogP contribution in [0.5, 0.6) is 0 Å². The molecule has 1 N–H and O–H groups in total. The summed E-state index contributed by atoms with van der Waals surface area (Å²) in [5.74, 6) is -2.73. The zero-order chi connectivity index (χ0) is 31.0. The van der Waals surface area contributed by atoms with E-state index in [-0.39, 0.29) is 31.9 Å². The lowest BCUT2D eigenvalue weighted by Gasteiger charge is -2.54. The van der Waals surface area contributed by atoms with Crippen LogP contribution in [-0.4, -0.2) is 90.8 Å². The third-order valence-corrected chi connectivity index (χ3v) is 9.66. The summed E-state index contributed by atoms with van der Waals surface area (Å²) in [5, 5.41) is 19.6. The summed E-state index contributed by atoms with van der Waals surface area (Å²) in [4.78, 5) is 42.2. The van der Waals surface area contributed by atoms with Crippen molar-refractivity contribution >= 4 is 38.8 Å². The van der Waals surface area contributed by atoms with E-state index in [1.165, 1.54) is 14.3 Å². The predicted molar refractivity (Wildman–Crippen MR) is 158 cm³/mol. The number of aryl methyl sites for hydroxylation is 1. The van der Waals surface area contributed by atoms with Gasteiger partial charge in [-0.1, -0.05) is 78.0 Å². The highest BCUT2D eigenvalue weighted by molar-refractivity contribution is 7.88. The Morgan fingerprint density at radius 3 is 2.30 bits per heavy atom. The molecule has 1 aromatic heterocycles. The molecule has 0 spiro atoms. The van der Waals surface area contributed by atoms with Gasteiger partial charge in [-0.25, -0.2) is 18.1 Å². The van der Waals surface area contributed by atoms with Crippen molar-refractivity contribution in [1.82, 2.24) is 34.2 Å². The lowest BCUT2D eigenvalue weighted by atomic mass is 10.0. The van der Waals surface area contributed by atoms with Crippen LogP contribution in [0.15, 0.2) is 78.9 Å². The molecule has 2 atom stereocenters. The monoisotopic (exact) mass is 617 g/mol. The van der Waals surface area contributed by atoms with Crippen LogP contribution in [0.4, 0.5) is 0 Å². The summed E-state index contributed by atoms with van der Waals surface area (Å²) in [5.41, 5.74) is 3.31. The van der Waals surface area contributed by atoms with E-state index in [2.05, 4.69) is 10.3 Å². The number of aliphatic carboxylic acids is 1. The number of nitrogens with zero attached hydrogens (tertiary/aromatic N) is 7. The summed E-state index contributed by atoms with van der Waals surface area (Å²) >= 11 is 0. The fourth-order valence-electron chi connectivity index (χ4n) is 6.00. The van der Waals surface area contributed by atoms with Crippen LogP contribution < -0.4 is 0 Å². The van der Waals surface area contributed by atoms with Crippen molar-refractivity contribution < 1.29 is 27.9 Å². The van der Waals surface area contributed by atoms with Crippen LogP contribution in [0.3, 0.4) is 0 Å². The van der Waals surface area contributed by atoms with Gasteiger partial charge in [0, 0.05) is 25.7 Å². The van der Waals surface area contributed by atoms with E-state index in [0.717, 1.165) is 16.0 Å². The number of carboxylic acid groups (broad SMARTS) is 1. The number of carbonyl (C=O) groups is 3. The second-order valence-electron chi connectivity index (χ2n) is 10.9. The van der Waals surface area contributed by atoms with Crippen LogP contribution in [0.1, 0.15) is 23.1 Å². The number of carbonyl (C=O) groups excluding carboxylic acids is 2. The predicted octanol–water partition coefficient (Wildman–Crippen LogP) is 1.57. The number of benzene rings is 3. The smallest absolute Gasteiger partial charge is 0.305 e. The van der Waals surface area contributed by atoms with Crippen LogP contribution in [0, 0.1) is 0 Å². The minimum absolute atomic E-state index is 0.0226. The molecule has 6 rings (SSSR count). The van der Waals surface area contributed by atoms with Gasteiger partial charge in [0.1, 0.15) is 17.7 Å². The zero-order valence-electron chi connectivity index (χ0n) is 23.9. The van der Waals surface area contributed by atoms with Crippen molar-refractivity contribution in [3.05, 3.63) is 95.6 Å². The Bertz CT molecular complexity index is 1820. The average molecular weight is 618 g/mol. The molecule has 44 heavy (non-hydrogen) atoms. The molecule has 14 heteroatoms. The van der Waals surface area contributed by atoms with E-state index >= 15 is 0 Å². The number of fused-ring (bicyclic) bond motifs is 2. The highest BCUT2D eigenvalue weighted by Gasteiger charge is 2.53. The number of rotatable bonds is 9. The molecule has 2 saturated heterocycles. The van der Waals surface area contributed by atoms with Crippen molar-refractivity contribution in [2.45, 2.75) is 37.5 Å². The largest absolute Gasteiger partial charge is 0.481 e. The summed E-state index contributed by atoms with van der Waals surface area (Å²) in [6.07, 6.45) is -1.84. The number of piperazine rings is 1. The van der Waals surface area contributed by atoms with Crippen molar-refractivity contribution in [3.8, 4) is 0 Å². The SMILES string of the molecule is Cn1nnc2c(CN3C[C@H]4N(C(=O)CN(Cc5ccccc5)N4S(=O)(=O)Cc4ccccc4)[C@@H](CC(=O)O)C3=O)cccc21. The van der Waals surface area contributed by atoms with Gasteiger partial charge in [0.15, 0.2) is 0 Å². The number of hydrogen-bond acceptors (Lipinski definition) is 8. The van der Waals surface area contributed by atoms with Crippen molar-refractivity contribution in [2.75, 3.05) is 13.1 Å². The molecule has 3 heterocycles. The van der Waals surface area contributed by atoms with Crippen molar-refractivity contribution in [2.24, 2.45) is 7.05 Å². The second-order valence-corrected chi connectivity index (χ2v) is 12.8. The molecule has 0 bridgehead atoms. The Morgan fingerprint density at radius 2 is 1.61 bits per heavy atom. The molecule has 0 aliphatic carbocycles. The van der Waals surface area contributed by atoms with Crippen LogP contribution >= 0.6 is 0 Å². The maximum Gasteiger partial charge on any atom is 0.305 e. The fraction of sp³-hybridized carbons (Fsp3) is 0.300. The van der Waals surface area contributed by atoms with E-state index in [1.807, 2.05) is 36.4 Å². The molecule has 0 saturated carbocycles. The van der Waals surface area contributed by atoms with Gasteiger partial charge in [0.2, 0.25) is 21.8 Å². The summed E-state index contributed by atoms with van der Waals surface area (Å²) in [6.45, 7) is -0.380. The zero-order valence-corrected chi connectivity index (χ0v) is 24.7. The van der Waals surface area contributed by atoms with Crippen LogP contribution in [0.25, 0.3) is 11.0 Å². The van der Waals surface area contributed by atoms with Gasteiger partial charge in [-0.15, -0.1) is 9.51 Å². The molecule has 2 fully saturated rings. The maximum atomic E-state index is 14.3. The highest BCUT2D eigenvalue weighted by atomic mass is 32.2. The normalized spacial score (nSPS) is 19.8. The fourth-order valence-corrected chi connectivity index (χ4v) is 7.75. The van der Waals surface area contributed by atoms with E-state index < -0.39 is 46.4 Å². The summed E-state index contributed by atoms with van der Waals surface area (Å²) in [6, 6.07) is 21.9. The molecule has 4 aromatic rings. The molecule has 13 nitrogen and oxygen atoms in total. The van der Waals surface area contributed by atoms with Gasteiger partial charge in [0.05, 0.1) is 30.8 Å². The summed E-state index contributed by atoms with van der Waals surface area (Å²) < 4.78 is 31.3. The van der Waals surface area contributed by atoms with Gasteiger partial charge in [-0.2, -0.15) is 0 Å². The number of hydrogen-bond donors (Lipinski definition) is 1. The first-order valence-electron chi connectivity index (χ1n) is 14.1. The Labute approximate surface area is 253 Å². The third-order valence-electron chi connectivity index (χ3n) is 7.92. The van der Waals surface area contributed by atoms with E-state index in [1.54, 1.807) is 54.2 Å².